The van der Waals surface area contributed by atoms with Gasteiger partial charge in [0.1, 0.15) is 0 Å². The van der Waals surface area contributed by atoms with Crippen LogP contribution in [0, 0.1) is 0 Å². The molecule has 0 unspecified atom stereocenters. The van der Waals surface area contributed by atoms with Crippen LogP contribution >= 0.6 is 0 Å². The summed E-state index contributed by atoms with van der Waals surface area (Å²) in [5, 5.41) is 6.78. The normalized spacial score (nSPS) is 21.7. The van der Waals surface area contributed by atoms with Crippen molar-refractivity contribution >= 4 is 11.7 Å². The number of anilines is 1. The van der Waals surface area contributed by atoms with E-state index >= 15 is 0 Å². The van der Waals surface area contributed by atoms with E-state index in [1.807, 2.05) is 4.90 Å². The van der Waals surface area contributed by atoms with Gasteiger partial charge < -0.3 is 15.5 Å². The molecule has 3 aliphatic rings. The zero-order valence-electron chi connectivity index (χ0n) is 15.1. The van der Waals surface area contributed by atoms with Gasteiger partial charge >= 0.3 is 6.03 Å². The first kappa shape index (κ1) is 16.7. The van der Waals surface area contributed by atoms with Crippen LogP contribution in [0.2, 0.25) is 0 Å². The van der Waals surface area contributed by atoms with Crippen molar-refractivity contribution < 1.29 is 4.79 Å². The third-order valence-electron chi connectivity index (χ3n) is 5.92. The minimum Gasteiger partial charge on any atom is -0.384 e. The van der Waals surface area contributed by atoms with E-state index in [4.69, 9.17) is 0 Å². The number of nitrogens with zero attached hydrogens (tertiary/aromatic N) is 2. The molecule has 4 rings (SSSR count). The van der Waals surface area contributed by atoms with E-state index in [1.165, 1.54) is 36.1 Å². The Hall–Kier alpha value is -1.75. The second kappa shape index (κ2) is 7.65. The average molecular weight is 342 g/mol. The van der Waals surface area contributed by atoms with Gasteiger partial charge in [0.15, 0.2) is 0 Å². The Kier molecular flexibility index (Phi) is 5.11. The van der Waals surface area contributed by atoms with Crippen molar-refractivity contribution in [1.82, 2.24) is 15.1 Å². The average Bonchev–Trinajstić information content (AvgIpc) is 3.13. The van der Waals surface area contributed by atoms with Crippen LogP contribution in [0.4, 0.5) is 10.5 Å². The van der Waals surface area contributed by atoms with Gasteiger partial charge in [0, 0.05) is 51.0 Å². The van der Waals surface area contributed by atoms with Crippen LogP contribution in [0.15, 0.2) is 18.2 Å². The van der Waals surface area contributed by atoms with Crippen molar-refractivity contribution in [1.29, 1.82) is 0 Å². The Labute approximate surface area is 150 Å². The molecule has 2 aliphatic heterocycles. The van der Waals surface area contributed by atoms with Crippen molar-refractivity contribution in [2.45, 2.75) is 51.1 Å². The lowest BCUT2D eigenvalue weighted by molar-refractivity contribution is 0.132. The van der Waals surface area contributed by atoms with E-state index in [1.54, 1.807) is 0 Å². The molecule has 1 aliphatic carbocycles. The van der Waals surface area contributed by atoms with E-state index in [0.29, 0.717) is 6.04 Å². The van der Waals surface area contributed by atoms with Gasteiger partial charge in [0.05, 0.1) is 0 Å². The Morgan fingerprint density at radius 2 is 1.92 bits per heavy atom. The van der Waals surface area contributed by atoms with Crippen LogP contribution in [0.1, 0.15) is 43.2 Å². The van der Waals surface area contributed by atoms with E-state index < -0.39 is 0 Å². The summed E-state index contributed by atoms with van der Waals surface area (Å²) < 4.78 is 0. The van der Waals surface area contributed by atoms with E-state index in [-0.39, 0.29) is 6.03 Å². The van der Waals surface area contributed by atoms with Crippen LogP contribution in [-0.4, -0.2) is 54.6 Å². The van der Waals surface area contributed by atoms with Crippen LogP contribution in [0.3, 0.4) is 0 Å². The monoisotopic (exact) mass is 342 g/mol. The van der Waals surface area contributed by atoms with Crippen molar-refractivity contribution in [3.8, 4) is 0 Å². The third-order valence-corrected chi connectivity index (χ3v) is 5.92. The summed E-state index contributed by atoms with van der Waals surface area (Å²) >= 11 is 0. The fourth-order valence-corrected chi connectivity index (χ4v) is 4.41. The zero-order chi connectivity index (χ0) is 17.1. The van der Waals surface area contributed by atoms with Gasteiger partial charge in [-0.15, -0.1) is 0 Å². The molecule has 136 valence electrons. The van der Waals surface area contributed by atoms with Gasteiger partial charge in [-0.2, -0.15) is 0 Å². The van der Waals surface area contributed by atoms with Crippen molar-refractivity contribution in [3.05, 3.63) is 29.3 Å². The molecule has 0 aromatic heterocycles. The molecule has 2 heterocycles. The minimum absolute atomic E-state index is 0.147. The number of rotatable bonds is 3. The van der Waals surface area contributed by atoms with Gasteiger partial charge in [-0.25, -0.2) is 4.79 Å². The number of piperazine rings is 1. The van der Waals surface area contributed by atoms with Crippen molar-refractivity contribution in [2.24, 2.45) is 0 Å². The number of carbonyl (C=O) groups excluding carboxylic acids is 1. The summed E-state index contributed by atoms with van der Waals surface area (Å²) in [5.74, 6) is 0. The minimum atomic E-state index is 0.147. The van der Waals surface area contributed by atoms with Crippen LogP contribution in [0.25, 0.3) is 0 Å². The fourth-order valence-electron chi connectivity index (χ4n) is 4.41. The highest BCUT2D eigenvalue weighted by atomic mass is 16.2. The first-order valence-electron chi connectivity index (χ1n) is 9.92. The molecule has 25 heavy (non-hydrogen) atoms. The van der Waals surface area contributed by atoms with E-state index in [0.717, 1.165) is 58.5 Å². The molecule has 1 aromatic carbocycles. The number of benzene rings is 1. The number of carbonyl (C=O) groups is 1. The maximum absolute atomic E-state index is 12.5. The first-order chi connectivity index (χ1) is 12.3. The lowest BCUT2D eigenvalue weighted by Gasteiger charge is -2.36. The van der Waals surface area contributed by atoms with Gasteiger partial charge in [0.25, 0.3) is 0 Å². The maximum atomic E-state index is 12.5. The van der Waals surface area contributed by atoms with Crippen LogP contribution < -0.4 is 10.6 Å². The number of para-hydroxylation sites is 1. The van der Waals surface area contributed by atoms with Gasteiger partial charge in [-0.1, -0.05) is 37.5 Å². The highest BCUT2D eigenvalue weighted by Gasteiger charge is 2.24. The number of urea groups is 1. The first-order valence-corrected chi connectivity index (χ1v) is 9.92. The standard InChI is InChI=1S/C20H30N4O/c25-20(22-18-7-2-1-3-8-18)24-13-11-23(12-14-24)15-17-6-4-5-16-9-10-21-19(16)17/h4-6,18,21H,1-3,7-15H2,(H,22,25). The van der Waals surface area contributed by atoms with Gasteiger partial charge in [-0.05, 0) is 30.4 Å². The zero-order valence-corrected chi connectivity index (χ0v) is 15.1. The summed E-state index contributed by atoms with van der Waals surface area (Å²) in [5.41, 5.74) is 4.19. The highest BCUT2D eigenvalue weighted by molar-refractivity contribution is 5.74. The molecule has 1 aromatic rings. The van der Waals surface area contributed by atoms with Crippen LogP contribution in [0.5, 0.6) is 0 Å². The SMILES string of the molecule is O=C(NC1CCCCC1)N1CCN(Cc2cccc3c2NCC3)CC1. The molecule has 0 radical (unpaired) electrons. The highest BCUT2D eigenvalue weighted by Crippen LogP contribution is 2.27. The summed E-state index contributed by atoms with van der Waals surface area (Å²) in [7, 11) is 0. The molecule has 1 saturated heterocycles. The molecule has 0 spiro atoms. The van der Waals surface area contributed by atoms with Gasteiger partial charge in [0.2, 0.25) is 0 Å². The van der Waals surface area contributed by atoms with E-state index in [9.17, 15) is 4.79 Å². The Morgan fingerprint density at radius 3 is 2.72 bits per heavy atom. The molecule has 5 nitrogen and oxygen atoms in total. The second-order valence-corrected chi connectivity index (χ2v) is 7.68. The molecule has 2 N–H and O–H groups in total. The Balaban J connectivity index is 1.27. The fraction of sp³-hybridized carbons (Fsp3) is 0.650. The quantitative estimate of drug-likeness (QED) is 0.888. The number of amides is 2. The lowest BCUT2D eigenvalue weighted by atomic mass is 9.96. The number of hydrogen-bond donors (Lipinski definition) is 2. The Bertz CT molecular complexity index is 604. The van der Waals surface area contributed by atoms with Crippen molar-refractivity contribution in [2.75, 3.05) is 38.0 Å². The summed E-state index contributed by atoms with van der Waals surface area (Å²) in [6.45, 7) is 5.63. The summed E-state index contributed by atoms with van der Waals surface area (Å²) in [6, 6.07) is 7.19. The van der Waals surface area contributed by atoms with Gasteiger partial charge in [-0.3, -0.25) is 4.90 Å². The largest absolute Gasteiger partial charge is 0.384 e. The number of hydrogen-bond acceptors (Lipinski definition) is 3. The Morgan fingerprint density at radius 1 is 1.12 bits per heavy atom. The lowest BCUT2D eigenvalue weighted by Crippen LogP contribution is -2.53. The molecular formula is C20H30N4O. The number of nitrogens with one attached hydrogen (secondary N) is 2. The molecule has 1 saturated carbocycles. The second-order valence-electron chi connectivity index (χ2n) is 7.68. The van der Waals surface area contributed by atoms with E-state index in [2.05, 4.69) is 33.7 Å². The molecule has 2 amide bonds. The summed E-state index contributed by atoms with van der Waals surface area (Å²) in [4.78, 5) is 16.9. The van der Waals surface area contributed by atoms with Crippen molar-refractivity contribution in [3.63, 3.8) is 0 Å². The predicted octanol–water partition coefficient (Wildman–Crippen LogP) is 2.81. The topological polar surface area (TPSA) is 47.6 Å². The van der Waals surface area contributed by atoms with Crippen LogP contribution in [-0.2, 0) is 13.0 Å². The summed E-state index contributed by atoms with van der Waals surface area (Å²) in [6.07, 6.45) is 7.28. The molecule has 5 heteroatoms. The number of fused-ring (bicyclic) bond motifs is 1. The molecule has 2 fully saturated rings. The molecular weight excluding hydrogens is 312 g/mol. The molecule has 0 bridgehead atoms. The third kappa shape index (κ3) is 3.92. The smallest absolute Gasteiger partial charge is 0.317 e. The maximum Gasteiger partial charge on any atom is 0.317 e. The molecule has 0 atom stereocenters. The predicted molar refractivity (Wildman–Crippen MR) is 101 cm³/mol.